The van der Waals surface area contributed by atoms with Crippen molar-refractivity contribution in [2.75, 3.05) is 5.32 Å². The molecule has 2 nitrogen and oxygen atoms in total. The Kier molecular flexibility index (Phi) is 3.96. The van der Waals surface area contributed by atoms with E-state index in [1.54, 1.807) is 11.3 Å². The monoisotopic (exact) mass is 366 g/mol. The molecule has 0 spiro atoms. The molecule has 3 aromatic rings. The highest BCUT2D eigenvalue weighted by Crippen LogP contribution is 2.30. The molecule has 1 N–H and O–H groups in total. The molecule has 1 unspecified atom stereocenters. The van der Waals surface area contributed by atoms with E-state index in [-0.39, 0.29) is 6.04 Å². The number of fused-ring (bicyclic) bond motifs is 1. The van der Waals surface area contributed by atoms with Crippen molar-refractivity contribution < 1.29 is 0 Å². The van der Waals surface area contributed by atoms with Crippen molar-refractivity contribution in [2.24, 2.45) is 0 Å². The van der Waals surface area contributed by atoms with E-state index in [2.05, 4.69) is 39.2 Å². The molecule has 5 heteroatoms. The van der Waals surface area contributed by atoms with E-state index >= 15 is 0 Å². The van der Waals surface area contributed by atoms with Crippen LogP contribution in [0, 0.1) is 0 Å². The van der Waals surface area contributed by atoms with Gasteiger partial charge in [0.15, 0.2) is 5.13 Å². The number of anilines is 1. The zero-order chi connectivity index (χ0) is 14.1. The van der Waals surface area contributed by atoms with E-state index in [1.807, 2.05) is 36.4 Å². The maximum Gasteiger partial charge on any atom is 0.184 e. The lowest BCUT2D eigenvalue weighted by atomic mass is 10.1. The van der Waals surface area contributed by atoms with E-state index in [0.29, 0.717) is 0 Å². The summed E-state index contributed by atoms with van der Waals surface area (Å²) in [6.45, 7) is 2.12. The number of hydrogen-bond donors (Lipinski definition) is 1. The van der Waals surface area contributed by atoms with Crippen molar-refractivity contribution in [2.45, 2.75) is 13.0 Å². The average molecular weight is 368 g/mol. The highest BCUT2D eigenvalue weighted by molar-refractivity contribution is 9.10. The van der Waals surface area contributed by atoms with Crippen molar-refractivity contribution in [3.8, 4) is 0 Å². The fraction of sp³-hybridized carbons (Fsp3) is 0.133. The van der Waals surface area contributed by atoms with Crippen LogP contribution in [0.5, 0.6) is 0 Å². The molecule has 0 aliphatic carbocycles. The van der Waals surface area contributed by atoms with Gasteiger partial charge in [-0.1, -0.05) is 51.0 Å². The van der Waals surface area contributed by atoms with Gasteiger partial charge in [0.25, 0.3) is 0 Å². The summed E-state index contributed by atoms with van der Waals surface area (Å²) < 4.78 is 2.25. The highest BCUT2D eigenvalue weighted by Gasteiger charge is 2.09. The van der Waals surface area contributed by atoms with E-state index in [1.165, 1.54) is 10.3 Å². The number of hydrogen-bond acceptors (Lipinski definition) is 3. The second kappa shape index (κ2) is 5.72. The Hall–Kier alpha value is -1.10. The molecule has 3 rings (SSSR count). The maximum atomic E-state index is 5.91. The van der Waals surface area contributed by atoms with Gasteiger partial charge < -0.3 is 5.32 Å². The smallest absolute Gasteiger partial charge is 0.184 e. The van der Waals surface area contributed by atoms with Crippen molar-refractivity contribution in [1.82, 2.24) is 4.98 Å². The minimum Gasteiger partial charge on any atom is -0.355 e. The van der Waals surface area contributed by atoms with Crippen LogP contribution in [-0.2, 0) is 0 Å². The summed E-state index contributed by atoms with van der Waals surface area (Å²) >= 11 is 11.1. The van der Waals surface area contributed by atoms with Crippen LogP contribution in [-0.4, -0.2) is 4.98 Å². The predicted molar refractivity (Wildman–Crippen MR) is 90.8 cm³/mol. The van der Waals surface area contributed by atoms with Crippen LogP contribution >= 0.6 is 38.9 Å². The van der Waals surface area contributed by atoms with Crippen LogP contribution in [0.15, 0.2) is 46.9 Å². The highest BCUT2D eigenvalue weighted by atomic mass is 79.9. The number of nitrogens with zero attached hydrogens (tertiary/aromatic N) is 1. The van der Waals surface area contributed by atoms with Crippen LogP contribution in [0.25, 0.3) is 10.2 Å². The third-order valence-electron chi connectivity index (χ3n) is 3.06. The molecule has 0 bridgehead atoms. The summed E-state index contributed by atoms with van der Waals surface area (Å²) in [6, 6.07) is 14.2. The maximum absolute atomic E-state index is 5.91. The van der Waals surface area contributed by atoms with Crippen molar-refractivity contribution in [3.63, 3.8) is 0 Å². The van der Waals surface area contributed by atoms with Gasteiger partial charge in [-0.05, 0) is 42.8 Å². The summed E-state index contributed by atoms with van der Waals surface area (Å²) in [5.41, 5.74) is 2.21. The SMILES string of the molecule is CC(Nc1nc2ccc(Br)cc2s1)c1ccc(Cl)cc1. The molecule has 0 aliphatic rings. The molecule has 1 atom stereocenters. The van der Waals surface area contributed by atoms with E-state index in [0.717, 1.165) is 20.1 Å². The zero-order valence-corrected chi connectivity index (χ0v) is 13.9. The quantitative estimate of drug-likeness (QED) is 0.624. The first-order chi connectivity index (χ1) is 9.61. The molecule has 1 aromatic heterocycles. The Balaban J connectivity index is 1.83. The van der Waals surface area contributed by atoms with Crippen LogP contribution < -0.4 is 5.32 Å². The first kappa shape index (κ1) is 13.9. The molecule has 0 aliphatic heterocycles. The van der Waals surface area contributed by atoms with Gasteiger partial charge in [-0.25, -0.2) is 4.98 Å². The summed E-state index contributed by atoms with van der Waals surface area (Å²) in [5, 5.41) is 5.12. The van der Waals surface area contributed by atoms with E-state index < -0.39 is 0 Å². The van der Waals surface area contributed by atoms with E-state index in [9.17, 15) is 0 Å². The molecule has 2 aromatic carbocycles. The van der Waals surface area contributed by atoms with Crippen molar-refractivity contribution in [3.05, 3.63) is 57.5 Å². The lowest BCUT2D eigenvalue weighted by Crippen LogP contribution is -2.05. The van der Waals surface area contributed by atoms with E-state index in [4.69, 9.17) is 11.6 Å². The third-order valence-corrected chi connectivity index (χ3v) is 4.76. The van der Waals surface area contributed by atoms with Crippen LogP contribution in [0.4, 0.5) is 5.13 Å². The normalized spacial score (nSPS) is 12.6. The second-order valence-corrected chi connectivity index (χ2v) is 6.93. The molecule has 20 heavy (non-hydrogen) atoms. The Morgan fingerprint density at radius 2 is 1.95 bits per heavy atom. The molecule has 1 heterocycles. The van der Waals surface area contributed by atoms with Gasteiger partial charge in [0.2, 0.25) is 0 Å². The molecule has 0 fully saturated rings. The topological polar surface area (TPSA) is 24.9 Å². The number of thiazole rings is 1. The molecule has 0 radical (unpaired) electrons. The lowest BCUT2D eigenvalue weighted by Gasteiger charge is -2.13. The minimum absolute atomic E-state index is 0.191. The predicted octanol–water partition coefficient (Wildman–Crippen LogP) is 5.89. The Labute approximate surface area is 134 Å². The molecule has 0 saturated carbocycles. The van der Waals surface area contributed by atoms with Gasteiger partial charge in [0, 0.05) is 9.50 Å². The minimum atomic E-state index is 0.191. The fourth-order valence-electron chi connectivity index (χ4n) is 1.98. The second-order valence-electron chi connectivity index (χ2n) is 4.55. The number of halogens is 2. The Bertz CT molecular complexity index is 739. The Morgan fingerprint density at radius 1 is 1.20 bits per heavy atom. The fourth-order valence-corrected chi connectivity index (χ4v) is 3.61. The first-order valence-corrected chi connectivity index (χ1v) is 8.18. The van der Waals surface area contributed by atoms with Crippen molar-refractivity contribution in [1.29, 1.82) is 0 Å². The number of rotatable bonds is 3. The van der Waals surface area contributed by atoms with Crippen LogP contribution in [0.3, 0.4) is 0 Å². The van der Waals surface area contributed by atoms with Crippen LogP contribution in [0.2, 0.25) is 5.02 Å². The summed E-state index contributed by atoms with van der Waals surface area (Å²) in [6.07, 6.45) is 0. The van der Waals surface area contributed by atoms with Crippen LogP contribution in [0.1, 0.15) is 18.5 Å². The van der Waals surface area contributed by atoms with Gasteiger partial charge >= 0.3 is 0 Å². The number of aromatic nitrogens is 1. The van der Waals surface area contributed by atoms with Gasteiger partial charge in [0.05, 0.1) is 16.3 Å². The van der Waals surface area contributed by atoms with Gasteiger partial charge in [-0.15, -0.1) is 0 Å². The largest absolute Gasteiger partial charge is 0.355 e. The average Bonchev–Trinajstić information content (AvgIpc) is 2.80. The van der Waals surface area contributed by atoms with Gasteiger partial charge in [-0.3, -0.25) is 0 Å². The number of nitrogens with one attached hydrogen (secondary N) is 1. The Morgan fingerprint density at radius 3 is 2.70 bits per heavy atom. The zero-order valence-electron chi connectivity index (χ0n) is 10.7. The van der Waals surface area contributed by atoms with Crippen molar-refractivity contribution >= 4 is 54.2 Å². The van der Waals surface area contributed by atoms with Gasteiger partial charge in [0.1, 0.15) is 0 Å². The van der Waals surface area contributed by atoms with Gasteiger partial charge in [-0.2, -0.15) is 0 Å². The molecular weight excluding hydrogens is 356 g/mol. The lowest BCUT2D eigenvalue weighted by molar-refractivity contribution is 0.883. The number of benzene rings is 2. The molecule has 0 saturated heterocycles. The molecule has 0 amide bonds. The molecule has 102 valence electrons. The first-order valence-electron chi connectivity index (χ1n) is 6.20. The summed E-state index contributed by atoms with van der Waals surface area (Å²) in [4.78, 5) is 4.60. The molecular formula is C15H12BrClN2S. The summed E-state index contributed by atoms with van der Waals surface area (Å²) in [5.74, 6) is 0. The third kappa shape index (κ3) is 2.97. The standard InChI is InChI=1S/C15H12BrClN2S/c1-9(10-2-5-12(17)6-3-10)18-15-19-13-7-4-11(16)8-14(13)20-15/h2-9H,1H3,(H,18,19). The summed E-state index contributed by atoms with van der Waals surface area (Å²) in [7, 11) is 0.